The van der Waals surface area contributed by atoms with Gasteiger partial charge in [-0.2, -0.15) is 0 Å². The molecule has 0 aromatic heterocycles. The number of nitrogens with two attached hydrogens (primary N) is 2. The molecule has 0 saturated heterocycles. The van der Waals surface area contributed by atoms with Crippen molar-refractivity contribution >= 4 is 44.5 Å². The van der Waals surface area contributed by atoms with E-state index in [4.69, 9.17) is 17.6 Å². The molecule has 6 nitrogen and oxygen atoms in total. The predicted octanol–water partition coefficient (Wildman–Crippen LogP) is 7.22. The molecular weight excluding hydrogens is 655 g/mol. The number of nitrogens with one attached hydrogen (secondary N) is 2. The molecule has 0 amide bonds. The van der Waals surface area contributed by atoms with E-state index in [1.807, 2.05) is 0 Å². The van der Waals surface area contributed by atoms with Gasteiger partial charge in [0.1, 0.15) is 0 Å². The average Bonchev–Trinajstić information content (AvgIpc) is 2.98. The first kappa shape index (κ1) is 42.3. The molecule has 0 bridgehead atoms. The van der Waals surface area contributed by atoms with Crippen molar-refractivity contribution in [3.63, 3.8) is 0 Å². The van der Waals surface area contributed by atoms with E-state index in [1.54, 1.807) is 0 Å². The van der Waals surface area contributed by atoms with Gasteiger partial charge in [-0.3, -0.25) is 0 Å². The van der Waals surface area contributed by atoms with E-state index in [9.17, 15) is 0 Å². The van der Waals surface area contributed by atoms with Crippen molar-refractivity contribution in [1.29, 1.82) is 0 Å². The first-order valence-electron chi connectivity index (χ1n) is 17.5. The van der Waals surface area contributed by atoms with E-state index in [0.717, 1.165) is 89.4 Å². The quantitative estimate of drug-likeness (QED) is 0.0239. The molecule has 9 heteroatoms. The molecule has 0 fully saturated rings. The Balaban J connectivity index is 5.63. The Morgan fingerprint density at radius 3 is 1.32 bits per heavy atom. The van der Waals surface area contributed by atoms with Crippen LogP contribution in [0, 0.1) is 0 Å². The SMILES string of the molecule is CCCCCCC[CH2][Sn]([CH2]CCCCCCC)([O]C[C@H](CCCCN)NCCS)[O]C[C@H](CCCCN)NCCS. The fourth-order valence-corrected chi connectivity index (χ4v) is 15.6. The Labute approximate surface area is 272 Å². The Morgan fingerprint density at radius 2 is 0.951 bits per heavy atom. The summed E-state index contributed by atoms with van der Waals surface area (Å²) in [6.07, 6.45) is 22.4. The number of unbranched alkanes of at least 4 members (excludes halogenated alkanes) is 12. The maximum absolute atomic E-state index is 7.16. The van der Waals surface area contributed by atoms with Crippen LogP contribution in [0.5, 0.6) is 0 Å². The molecule has 0 heterocycles. The van der Waals surface area contributed by atoms with Crippen LogP contribution in [0.15, 0.2) is 0 Å². The van der Waals surface area contributed by atoms with Gasteiger partial charge in [-0.1, -0.05) is 0 Å². The fourth-order valence-electron chi connectivity index (χ4n) is 5.41. The Hall–Kier alpha value is 1.26. The number of hydrogen-bond acceptors (Lipinski definition) is 8. The van der Waals surface area contributed by atoms with Crippen LogP contribution >= 0.6 is 25.3 Å². The first-order valence-corrected chi connectivity index (χ1v) is 25.1. The summed E-state index contributed by atoms with van der Waals surface area (Å²) in [6, 6.07) is 0.704. The van der Waals surface area contributed by atoms with Gasteiger partial charge in [-0.15, -0.1) is 0 Å². The summed E-state index contributed by atoms with van der Waals surface area (Å²) in [7, 11) is 0. The molecule has 0 spiro atoms. The second-order valence-corrected chi connectivity index (χ2v) is 22.5. The third-order valence-corrected chi connectivity index (χ3v) is 18.8. The predicted molar refractivity (Wildman–Crippen MR) is 191 cm³/mol. The number of rotatable bonds is 34. The zero-order valence-electron chi connectivity index (χ0n) is 27.3. The van der Waals surface area contributed by atoms with Crippen LogP contribution in [-0.2, 0) is 6.15 Å². The van der Waals surface area contributed by atoms with E-state index in [2.05, 4.69) is 49.7 Å². The van der Waals surface area contributed by atoms with Crippen LogP contribution < -0.4 is 22.1 Å². The van der Waals surface area contributed by atoms with Gasteiger partial charge in [0.15, 0.2) is 0 Å². The maximum atomic E-state index is 7.16. The van der Waals surface area contributed by atoms with E-state index < -0.39 is 19.2 Å². The van der Waals surface area contributed by atoms with Crippen molar-refractivity contribution in [2.45, 2.75) is 150 Å². The minimum atomic E-state index is -3.36. The van der Waals surface area contributed by atoms with Crippen molar-refractivity contribution in [3.05, 3.63) is 0 Å². The molecule has 0 radical (unpaired) electrons. The third kappa shape index (κ3) is 26.2. The van der Waals surface area contributed by atoms with E-state index in [1.165, 1.54) is 85.9 Å². The molecule has 0 saturated carbocycles. The molecule has 0 aromatic carbocycles. The molecule has 0 aliphatic rings. The summed E-state index contributed by atoms with van der Waals surface area (Å²) in [5.74, 6) is 1.68. The number of thiol groups is 2. The standard InChI is InChI=1S/2C8H19N2OS.2C8H17.Sn/c2*9-4-2-1-3-8(7-11)10-5-6-12;2*1-3-5-7-8-6-4-2;/h2*8,10,12H,1-7,9H2;2*1,3-8H2,2H3;/q2*-1;;;+2/t2*8-;;;/m00.../s1. The van der Waals surface area contributed by atoms with Crippen molar-refractivity contribution in [2.24, 2.45) is 11.5 Å². The van der Waals surface area contributed by atoms with E-state index >= 15 is 0 Å². The normalized spacial score (nSPS) is 13.6. The van der Waals surface area contributed by atoms with Gasteiger partial charge in [0, 0.05) is 0 Å². The van der Waals surface area contributed by atoms with Crippen LogP contribution in [-0.4, -0.2) is 82.2 Å². The second-order valence-electron chi connectivity index (χ2n) is 11.9. The Bertz CT molecular complexity index is 482. The summed E-state index contributed by atoms with van der Waals surface area (Å²) in [6.45, 7) is 9.45. The number of hydrogen-bond donors (Lipinski definition) is 6. The van der Waals surface area contributed by atoms with Crippen molar-refractivity contribution < 1.29 is 6.15 Å². The summed E-state index contributed by atoms with van der Waals surface area (Å²) in [5.41, 5.74) is 11.6. The van der Waals surface area contributed by atoms with Gasteiger partial charge in [0.2, 0.25) is 0 Å². The molecule has 0 unspecified atom stereocenters. The van der Waals surface area contributed by atoms with Gasteiger partial charge in [0.05, 0.1) is 0 Å². The Morgan fingerprint density at radius 1 is 0.561 bits per heavy atom. The molecule has 248 valence electrons. The summed E-state index contributed by atoms with van der Waals surface area (Å²) >= 11 is 5.55. The monoisotopic (exact) mass is 728 g/mol. The molecule has 6 N–H and O–H groups in total. The van der Waals surface area contributed by atoms with E-state index in [-0.39, 0.29) is 0 Å². The van der Waals surface area contributed by atoms with Gasteiger partial charge < -0.3 is 0 Å². The van der Waals surface area contributed by atoms with Gasteiger partial charge in [-0.05, 0) is 0 Å². The van der Waals surface area contributed by atoms with Crippen molar-refractivity contribution in [3.8, 4) is 0 Å². The molecule has 2 atom stereocenters. The fraction of sp³-hybridized carbons (Fsp3) is 1.00. The first-order chi connectivity index (χ1) is 20.1. The summed E-state index contributed by atoms with van der Waals surface area (Å²) < 4.78 is 16.7. The van der Waals surface area contributed by atoms with Gasteiger partial charge in [0.25, 0.3) is 0 Å². The van der Waals surface area contributed by atoms with Gasteiger partial charge >= 0.3 is 274 Å². The molecule has 0 aliphatic carbocycles. The van der Waals surface area contributed by atoms with Crippen LogP contribution in [0.1, 0.15) is 129 Å². The topological polar surface area (TPSA) is 94.6 Å². The van der Waals surface area contributed by atoms with E-state index in [0.29, 0.717) is 12.1 Å². The summed E-state index contributed by atoms with van der Waals surface area (Å²) in [5, 5.41) is 7.42. The average molecular weight is 728 g/mol. The van der Waals surface area contributed by atoms with Crippen LogP contribution in [0.25, 0.3) is 0 Å². The van der Waals surface area contributed by atoms with Crippen LogP contribution in [0.4, 0.5) is 0 Å². The zero-order valence-corrected chi connectivity index (χ0v) is 32.0. The molecule has 41 heavy (non-hydrogen) atoms. The zero-order chi connectivity index (χ0) is 30.3. The summed E-state index contributed by atoms with van der Waals surface area (Å²) in [4.78, 5) is 0. The minimum absolute atomic E-state index is 0.352. The second kappa shape index (κ2) is 32.6. The molecule has 0 aromatic rings. The van der Waals surface area contributed by atoms with Crippen molar-refractivity contribution in [2.75, 3.05) is 50.9 Å². The van der Waals surface area contributed by atoms with Crippen LogP contribution in [0.3, 0.4) is 0 Å². The third-order valence-electron chi connectivity index (χ3n) is 8.02. The molecular formula is C32H72N4O2S2Sn. The molecule has 0 aliphatic heterocycles. The van der Waals surface area contributed by atoms with Crippen molar-refractivity contribution in [1.82, 2.24) is 10.6 Å². The molecule has 0 rings (SSSR count). The van der Waals surface area contributed by atoms with Crippen LogP contribution in [0.2, 0.25) is 8.87 Å². The van der Waals surface area contributed by atoms with Gasteiger partial charge in [-0.25, -0.2) is 0 Å². The Kier molecular flexibility index (Phi) is 33.6.